The highest BCUT2D eigenvalue weighted by atomic mass is 16.2. The van der Waals surface area contributed by atoms with E-state index < -0.39 is 119 Å². The number of carbonyl (C=O) groups is 11. The largest absolute Gasteiger partial charge is 0.370 e. The van der Waals surface area contributed by atoms with Crippen molar-refractivity contribution in [3.8, 4) is 0 Å². The van der Waals surface area contributed by atoms with E-state index in [1.54, 1.807) is 0 Å². The Hall–Kier alpha value is -6.03. The van der Waals surface area contributed by atoms with Gasteiger partial charge in [0.2, 0.25) is 65.0 Å². The fraction of sp³-hybridized carbons (Fsp3) is 0.836. The van der Waals surface area contributed by atoms with Crippen molar-refractivity contribution in [2.24, 2.45) is 64.0 Å². The van der Waals surface area contributed by atoms with Crippen molar-refractivity contribution in [2.75, 3.05) is 32.7 Å². The van der Waals surface area contributed by atoms with E-state index in [9.17, 15) is 52.7 Å². The number of carbonyl (C=O) groups excluding carboxylic acids is 11. The highest BCUT2D eigenvalue weighted by Crippen LogP contribution is 2.18. The molecular formula is C67H130N16O11. The third-order valence-electron chi connectivity index (χ3n) is 15.7. The standard InChI is InChI=1S/C67H130N16O11/c1-42(2)32-48(37-58(73)85)75-64(91)54(23-13-18-28-69)80-60(87)39-50(34-44(5)6)77-66(93)56(25-15-20-30-71)82-62(89)41-52(36-46(9)10)79-67(94)57(26-16-21-31-72)83-61(88)40-51(35-45(7)8)78-65(92)55(24-14-19-29-70)81-59(86)38-49(33-43(3)4)76-63(90)53(74-47(11)84)22-12-17-27-68/h42-46,48-57H,12-41,68-72H2,1-11H3,(H2,73,85)(H,74,84)(H,75,91)(H,76,90)(H,77,93)(H,78,92)(H,79,94)(H,80,87)(H,81,86)(H,82,89)(H,83,88)/t48-,49-,50-,51-,52-,53-,54-,55-,56-,57-/m0/s1. The molecule has 0 bridgehead atoms. The van der Waals surface area contributed by atoms with Gasteiger partial charge in [-0.1, -0.05) is 69.2 Å². The number of primary amides is 1. The van der Waals surface area contributed by atoms with Gasteiger partial charge in [0, 0.05) is 69.2 Å². The van der Waals surface area contributed by atoms with Crippen molar-refractivity contribution in [3.05, 3.63) is 0 Å². The van der Waals surface area contributed by atoms with E-state index in [-0.39, 0.29) is 93.3 Å². The van der Waals surface area contributed by atoms with Gasteiger partial charge in [-0.2, -0.15) is 0 Å². The summed E-state index contributed by atoms with van der Waals surface area (Å²) in [5.74, 6) is -5.12. The van der Waals surface area contributed by atoms with Crippen molar-refractivity contribution in [2.45, 2.75) is 297 Å². The summed E-state index contributed by atoms with van der Waals surface area (Å²) in [6, 6.07) is -8.16. The fourth-order valence-corrected chi connectivity index (χ4v) is 11.5. The summed E-state index contributed by atoms with van der Waals surface area (Å²) in [6.07, 6.45) is 8.20. The Morgan fingerprint density at radius 3 is 0.606 bits per heavy atom. The van der Waals surface area contributed by atoms with E-state index in [2.05, 4.69) is 53.2 Å². The van der Waals surface area contributed by atoms with Crippen molar-refractivity contribution < 1.29 is 52.7 Å². The number of unbranched alkanes of at least 4 members (excludes halogenated alkanes) is 5. The predicted molar refractivity (Wildman–Crippen MR) is 369 cm³/mol. The molecular weight excluding hydrogens is 1200 g/mol. The summed E-state index contributed by atoms with van der Waals surface area (Å²) < 4.78 is 0. The van der Waals surface area contributed by atoms with Gasteiger partial charge in [0.05, 0.1) is 0 Å². The molecule has 0 saturated heterocycles. The van der Waals surface area contributed by atoms with E-state index >= 15 is 0 Å². The summed E-state index contributed by atoms with van der Waals surface area (Å²) in [5, 5.41) is 29.1. The van der Waals surface area contributed by atoms with Crippen LogP contribution in [-0.4, -0.2) is 158 Å². The molecule has 27 nitrogen and oxygen atoms in total. The molecule has 0 aliphatic rings. The molecule has 0 fully saturated rings. The molecule has 11 amide bonds. The minimum absolute atomic E-state index is 0.00450. The topological polar surface area (TPSA) is 464 Å². The van der Waals surface area contributed by atoms with Crippen LogP contribution < -0.4 is 87.6 Å². The number of hydrogen-bond acceptors (Lipinski definition) is 16. The van der Waals surface area contributed by atoms with Crippen LogP contribution in [0.5, 0.6) is 0 Å². The number of amides is 11. The molecule has 0 heterocycles. The second-order valence-electron chi connectivity index (χ2n) is 27.8. The summed E-state index contributed by atoms with van der Waals surface area (Å²) in [7, 11) is 0. The van der Waals surface area contributed by atoms with E-state index in [1.165, 1.54) is 6.92 Å². The van der Waals surface area contributed by atoms with Gasteiger partial charge in [-0.05, 0) is 191 Å². The van der Waals surface area contributed by atoms with Crippen LogP contribution in [0, 0.1) is 29.6 Å². The summed E-state index contributed by atoms with van der Waals surface area (Å²) >= 11 is 0. The van der Waals surface area contributed by atoms with Crippen LogP contribution in [0.2, 0.25) is 0 Å². The van der Waals surface area contributed by atoms with E-state index in [4.69, 9.17) is 34.4 Å². The summed E-state index contributed by atoms with van der Waals surface area (Å²) in [5.41, 5.74) is 34.5. The minimum atomic E-state index is -1.06. The van der Waals surface area contributed by atoms with Crippen LogP contribution >= 0.6 is 0 Å². The van der Waals surface area contributed by atoms with E-state index in [0.29, 0.717) is 135 Å². The first-order chi connectivity index (χ1) is 44.4. The van der Waals surface area contributed by atoms with Gasteiger partial charge in [-0.3, -0.25) is 52.7 Å². The Morgan fingerprint density at radius 2 is 0.447 bits per heavy atom. The molecule has 0 radical (unpaired) electrons. The molecule has 0 spiro atoms. The van der Waals surface area contributed by atoms with Crippen molar-refractivity contribution >= 4 is 65.0 Å². The summed E-state index contributed by atoms with van der Waals surface area (Å²) in [6.45, 7) is 22.7. The maximum absolute atomic E-state index is 14.4. The fourth-order valence-electron chi connectivity index (χ4n) is 11.5. The second-order valence-corrected chi connectivity index (χ2v) is 27.8. The van der Waals surface area contributed by atoms with E-state index in [0.717, 1.165) is 0 Å². The second kappa shape index (κ2) is 51.3. The molecule has 0 unspecified atom stereocenters. The Morgan fingerprint density at radius 1 is 0.266 bits per heavy atom. The van der Waals surface area contributed by atoms with Crippen LogP contribution in [0.3, 0.4) is 0 Å². The molecule has 0 aromatic carbocycles. The van der Waals surface area contributed by atoms with Crippen LogP contribution in [0.4, 0.5) is 0 Å². The first-order valence-corrected chi connectivity index (χ1v) is 35.1. The van der Waals surface area contributed by atoms with E-state index in [1.807, 2.05) is 69.2 Å². The quantitative estimate of drug-likeness (QED) is 0.0388. The highest BCUT2D eigenvalue weighted by Gasteiger charge is 2.33. The van der Waals surface area contributed by atoms with Gasteiger partial charge in [-0.25, -0.2) is 0 Å². The first-order valence-electron chi connectivity index (χ1n) is 35.1. The van der Waals surface area contributed by atoms with Crippen LogP contribution in [-0.2, 0) is 52.7 Å². The average molecular weight is 1340 g/mol. The lowest BCUT2D eigenvalue weighted by atomic mass is 9.98. The molecule has 0 aliphatic carbocycles. The number of nitrogens with two attached hydrogens (primary N) is 6. The highest BCUT2D eigenvalue weighted by molar-refractivity contribution is 5.92. The maximum atomic E-state index is 14.4. The number of nitrogens with one attached hydrogen (secondary N) is 10. The molecule has 22 N–H and O–H groups in total. The molecule has 0 rings (SSSR count). The average Bonchev–Trinajstić information content (AvgIpc) is 0.956. The first kappa shape index (κ1) is 88.0. The third kappa shape index (κ3) is 43.9. The predicted octanol–water partition coefficient (Wildman–Crippen LogP) is 2.17. The summed E-state index contributed by atoms with van der Waals surface area (Å²) in [4.78, 5) is 150. The van der Waals surface area contributed by atoms with Gasteiger partial charge in [0.15, 0.2) is 0 Å². The Bertz CT molecular complexity index is 2240. The zero-order chi connectivity index (χ0) is 71.3. The Labute approximate surface area is 562 Å². The van der Waals surface area contributed by atoms with Crippen molar-refractivity contribution in [3.63, 3.8) is 0 Å². The number of rotatable bonds is 55. The third-order valence-corrected chi connectivity index (χ3v) is 15.7. The zero-order valence-electron chi connectivity index (χ0n) is 59.3. The molecule has 0 aromatic rings. The Kier molecular flexibility index (Phi) is 48.0. The van der Waals surface area contributed by atoms with Crippen molar-refractivity contribution in [1.29, 1.82) is 0 Å². The molecule has 94 heavy (non-hydrogen) atoms. The van der Waals surface area contributed by atoms with Gasteiger partial charge in [-0.15, -0.1) is 0 Å². The van der Waals surface area contributed by atoms with Gasteiger partial charge in [0.1, 0.15) is 30.2 Å². The van der Waals surface area contributed by atoms with Crippen molar-refractivity contribution in [1.82, 2.24) is 53.2 Å². The van der Waals surface area contributed by atoms with Crippen LogP contribution in [0.25, 0.3) is 0 Å². The molecule has 0 aromatic heterocycles. The molecule has 544 valence electrons. The lowest BCUT2D eigenvalue weighted by Gasteiger charge is -2.28. The lowest BCUT2D eigenvalue weighted by Crippen LogP contribution is -2.54. The Balaban J connectivity index is 6.63. The SMILES string of the molecule is CC(=O)N[C@@H](CCCCN)C(=O)N[C@H](CC(=O)N[C@@H](CCCCN)C(=O)N[C@H](CC(=O)N[C@@H](CCCCN)C(=O)N[C@H](CC(=O)N[C@@H](CCCCN)C(=O)N[C@H](CC(=O)N[C@@H](CCCCN)C(=O)N[C@H](CC(N)=O)CC(C)C)CC(C)C)CC(C)C)CC(C)C)CC(C)C. The van der Waals surface area contributed by atoms with Crippen LogP contribution in [0.15, 0.2) is 0 Å². The van der Waals surface area contributed by atoms with Gasteiger partial charge >= 0.3 is 0 Å². The molecule has 27 heteroatoms. The molecule has 0 aliphatic heterocycles. The molecule has 10 atom stereocenters. The molecule has 0 saturated carbocycles. The van der Waals surface area contributed by atoms with Crippen LogP contribution in [0.1, 0.15) is 237 Å². The smallest absolute Gasteiger partial charge is 0.242 e. The monoisotopic (exact) mass is 1340 g/mol. The lowest BCUT2D eigenvalue weighted by molar-refractivity contribution is -0.132. The maximum Gasteiger partial charge on any atom is 0.242 e. The normalized spacial score (nSPS) is 14.7. The minimum Gasteiger partial charge on any atom is -0.370 e. The van der Waals surface area contributed by atoms with Gasteiger partial charge in [0.25, 0.3) is 0 Å². The van der Waals surface area contributed by atoms with Gasteiger partial charge < -0.3 is 87.6 Å². The zero-order valence-corrected chi connectivity index (χ0v) is 59.3. The number of hydrogen-bond donors (Lipinski definition) is 16.